The molecule has 0 radical (unpaired) electrons. The highest BCUT2D eigenvalue weighted by atomic mass is 32.2. The van der Waals surface area contributed by atoms with E-state index in [0.29, 0.717) is 0 Å². The maximum absolute atomic E-state index is 2.57. The highest BCUT2D eigenvalue weighted by Gasteiger charge is 2.28. The number of nitrogens with zero attached hydrogens (tertiary/aromatic N) is 6. The number of benzene rings is 20. The van der Waals surface area contributed by atoms with Gasteiger partial charge in [0.25, 0.3) is 0 Å². The Labute approximate surface area is 833 Å². The van der Waals surface area contributed by atoms with E-state index in [1.165, 1.54) is 62.5 Å². The van der Waals surface area contributed by atoms with Crippen LogP contribution in [0.15, 0.2) is 592 Å². The Morgan fingerprint density at radius 3 is 0.609 bits per heavy atom. The van der Waals surface area contributed by atoms with Crippen molar-refractivity contribution in [3.8, 4) is 0 Å². The SMILES string of the molecule is C1=CC(N(c2ccccc2)c2ccccc2)CC=C1Sc1cc2c(cc1Sc1ccc(N(c3ccccc3)c3ccccc3)cc1)c1cc(Sc3ccc(N(c4ccccc4)c4ccccc4)cc3)c(Sc3ccc(N(c4ccccc4)c4ccccc4)cc3)cc1c1cc(SC3=CCC(N(c4ccccc4)c4ccccc4)=CC3)c(Sc3ccc(N(c4ccccc4)c4ccccc4)cc3)cc21. The van der Waals surface area contributed by atoms with E-state index >= 15 is 0 Å². The first-order chi connectivity index (χ1) is 68.4. The number of anilines is 16. The second-order valence-corrected chi connectivity index (χ2v) is 40.5. The molecule has 0 fully saturated rings. The predicted octanol–water partition coefficient (Wildman–Crippen LogP) is 38.3. The van der Waals surface area contributed by atoms with Crippen molar-refractivity contribution in [3.63, 3.8) is 0 Å². The molecular weight excluding hydrogens is 1790 g/mol. The van der Waals surface area contributed by atoms with Crippen molar-refractivity contribution < 1.29 is 0 Å². The molecule has 20 aromatic rings. The van der Waals surface area contributed by atoms with Crippen LogP contribution in [-0.4, -0.2) is 6.04 Å². The summed E-state index contributed by atoms with van der Waals surface area (Å²) in [7, 11) is 0. The smallest absolute Gasteiger partial charge is 0.0560 e. The standard InChI is InChI=1S/C126H94N6S6/c1-13-37-91(38-14-1)127(92-39-15-2-16-40-92)103-61-73-109(74-62-103)133-121-85-115-116(86-122(121)134-110-75-63-104(64-76-110)128(93-41-17-3-18-42-93)94-43-19-4-20-44-94)118-88-124(136-112-79-67-106(68-80-112)130(97-49-25-7-26-50-97)98-51-27-8-28-52-98)126(138-114-83-71-108(72-84-114)132(101-57-33-11-34-58-101)102-59-35-12-36-60-102)90-120(118)119-89-125(137-113-81-69-107(70-82-113)131(99-53-29-9-30-54-99)100-55-31-10-32-56-100)123(87-117(115)119)135-111-77-65-105(66-78-111)129(95-45-21-5-22-46-95)96-47-23-6-24-48-96/h1-67,69,71-78,80-90,107H,68,70,79H2. The van der Waals surface area contributed by atoms with Gasteiger partial charge in [0.15, 0.2) is 0 Å². The average molecular weight is 1880 g/mol. The van der Waals surface area contributed by atoms with Crippen molar-refractivity contribution in [2.75, 3.05) is 29.4 Å². The van der Waals surface area contributed by atoms with Gasteiger partial charge in [-0.15, -0.1) is 0 Å². The van der Waals surface area contributed by atoms with Crippen molar-refractivity contribution in [3.05, 3.63) is 543 Å². The molecule has 0 saturated carbocycles. The lowest BCUT2D eigenvalue weighted by molar-refractivity contribution is 0.784. The summed E-state index contributed by atoms with van der Waals surface area (Å²) in [6, 6.07) is 181. The van der Waals surface area contributed by atoms with E-state index in [0.717, 1.165) is 145 Å². The summed E-state index contributed by atoms with van der Waals surface area (Å²) in [4.78, 5) is 28.3. The van der Waals surface area contributed by atoms with E-state index in [4.69, 9.17) is 0 Å². The van der Waals surface area contributed by atoms with Crippen LogP contribution in [0.2, 0.25) is 0 Å². The van der Waals surface area contributed by atoms with E-state index in [-0.39, 0.29) is 6.04 Å². The lowest BCUT2D eigenvalue weighted by Crippen LogP contribution is -2.29. The number of allylic oxidation sites excluding steroid dienone is 4. The highest BCUT2D eigenvalue weighted by molar-refractivity contribution is 8.05. The molecule has 22 rings (SSSR count). The molecule has 0 aliphatic heterocycles. The lowest BCUT2D eigenvalue weighted by Gasteiger charge is -2.33. The Morgan fingerprint density at radius 1 is 0.181 bits per heavy atom. The Bertz CT molecular complexity index is 7480. The first-order valence-electron chi connectivity index (χ1n) is 46.6. The van der Waals surface area contributed by atoms with Crippen molar-refractivity contribution in [2.24, 2.45) is 0 Å². The number of hydrogen-bond donors (Lipinski definition) is 0. The minimum atomic E-state index is 0.0756. The first kappa shape index (κ1) is 88.3. The summed E-state index contributed by atoms with van der Waals surface area (Å²) in [5.74, 6) is 0. The van der Waals surface area contributed by atoms with E-state index in [9.17, 15) is 0 Å². The molecule has 6 nitrogen and oxygen atoms in total. The van der Waals surface area contributed by atoms with Crippen LogP contribution in [0.25, 0.3) is 32.3 Å². The molecule has 138 heavy (non-hydrogen) atoms. The van der Waals surface area contributed by atoms with Crippen molar-refractivity contribution in [1.82, 2.24) is 0 Å². The fraction of sp³-hybridized carbons (Fsp3) is 0.0317. The average Bonchev–Trinajstić information content (AvgIpc) is 0.719. The van der Waals surface area contributed by atoms with Gasteiger partial charge >= 0.3 is 0 Å². The van der Waals surface area contributed by atoms with Crippen LogP contribution < -0.4 is 29.4 Å². The zero-order valence-corrected chi connectivity index (χ0v) is 80.5. The monoisotopic (exact) mass is 1880 g/mol. The van der Waals surface area contributed by atoms with Crippen molar-refractivity contribution in [1.29, 1.82) is 0 Å². The molecule has 0 saturated heterocycles. The van der Waals surface area contributed by atoms with Gasteiger partial charge in [0.1, 0.15) is 0 Å². The van der Waals surface area contributed by atoms with Gasteiger partial charge in [0.05, 0.1) is 6.04 Å². The summed E-state index contributed by atoms with van der Waals surface area (Å²) in [5, 5.41) is 7.07. The summed E-state index contributed by atoms with van der Waals surface area (Å²) >= 11 is 11.1. The van der Waals surface area contributed by atoms with Crippen LogP contribution in [0.5, 0.6) is 0 Å². The molecule has 0 heterocycles. The van der Waals surface area contributed by atoms with Crippen LogP contribution in [0.4, 0.5) is 91.0 Å². The maximum atomic E-state index is 2.57. The minimum Gasteiger partial charge on any atom is -0.334 e. The van der Waals surface area contributed by atoms with Crippen LogP contribution in [-0.2, 0) is 0 Å². The molecule has 1 unspecified atom stereocenters. The van der Waals surface area contributed by atoms with E-state index in [1.54, 1.807) is 0 Å². The Morgan fingerprint density at radius 2 is 0.391 bits per heavy atom. The van der Waals surface area contributed by atoms with Gasteiger partial charge in [-0.1, -0.05) is 319 Å². The molecule has 0 amide bonds. The van der Waals surface area contributed by atoms with Gasteiger partial charge in [-0.05, 0) is 329 Å². The molecule has 664 valence electrons. The second kappa shape index (κ2) is 41.7. The third-order valence-corrected chi connectivity index (χ3v) is 31.7. The van der Waals surface area contributed by atoms with E-state index in [2.05, 4.69) is 557 Å². The molecule has 0 aromatic heterocycles. The highest BCUT2D eigenvalue weighted by Crippen LogP contribution is 2.54. The van der Waals surface area contributed by atoms with Crippen molar-refractivity contribution in [2.45, 2.75) is 74.3 Å². The minimum absolute atomic E-state index is 0.0756. The van der Waals surface area contributed by atoms with E-state index in [1.807, 2.05) is 70.6 Å². The number of hydrogen-bond acceptors (Lipinski definition) is 12. The Hall–Kier alpha value is -15.0. The van der Waals surface area contributed by atoms with E-state index < -0.39 is 0 Å². The maximum Gasteiger partial charge on any atom is 0.0560 e. The quantitative estimate of drug-likeness (QED) is 0.0400. The second-order valence-electron chi connectivity index (χ2n) is 33.7. The first-order valence-corrected chi connectivity index (χ1v) is 51.5. The van der Waals surface area contributed by atoms with Gasteiger partial charge in [0.2, 0.25) is 0 Å². The number of para-hydroxylation sites is 12. The molecule has 1 atom stereocenters. The lowest BCUT2D eigenvalue weighted by atomic mass is 9.94. The molecule has 2 aliphatic carbocycles. The predicted molar refractivity (Wildman–Crippen MR) is 593 cm³/mol. The summed E-state index contributed by atoms with van der Waals surface area (Å²) in [6.45, 7) is 0. The Balaban J connectivity index is 0.751. The summed E-state index contributed by atoms with van der Waals surface area (Å²) < 4.78 is 0. The molecule has 0 N–H and O–H groups in total. The van der Waals surface area contributed by atoms with Gasteiger partial charge < -0.3 is 29.4 Å². The summed E-state index contributed by atoms with van der Waals surface area (Å²) in [5.41, 5.74) is 18.9. The zero-order chi connectivity index (χ0) is 92.1. The van der Waals surface area contributed by atoms with Gasteiger partial charge in [-0.25, -0.2) is 0 Å². The topological polar surface area (TPSA) is 19.4 Å². The molecular formula is C126H94N6S6. The van der Waals surface area contributed by atoms with Crippen molar-refractivity contribution >= 4 is 194 Å². The van der Waals surface area contributed by atoms with Gasteiger partial charge in [0, 0.05) is 157 Å². The summed E-state index contributed by atoms with van der Waals surface area (Å²) in [6.07, 6.45) is 14.5. The van der Waals surface area contributed by atoms with Gasteiger partial charge in [-0.3, -0.25) is 0 Å². The molecule has 12 heteroatoms. The molecule has 0 bridgehead atoms. The third-order valence-electron chi connectivity index (χ3n) is 24.8. The van der Waals surface area contributed by atoms with Crippen LogP contribution >= 0.6 is 70.6 Å². The molecule has 20 aromatic carbocycles. The number of thioether (sulfide) groups is 2. The number of fused-ring (bicyclic) bond motifs is 6. The third kappa shape index (κ3) is 19.8. The Kier molecular flexibility index (Phi) is 26.7. The molecule has 0 spiro atoms. The zero-order valence-electron chi connectivity index (χ0n) is 75.6. The van der Waals surface area contributed by atoms with Crippen LogP contribution in [0.3, 0.4) is 0 Å². The molecule has 2 aliphatic rings. The largest absolute Gasteiger partial charge is 0.334 e. The van der Waals surface area contributed by atoms with Crippen LogP contribution in [0.1, 0.15) is 19.3 Å². The van der Waals surface area contributed by atoms with Crippen LogP contribution in [0, 0.1) is 0 Å². The fourth-order valence-corrected chi connectivity index (χ4v) is 24.5. The van der Waals surface area contributed by atoms with Gasteiger partial charge in [-0.2, -0.15) is 0 Å². The fourth-order valence-electron chi connectivity index (χ4n) is 18.4. The normalized spacial score (nSPS) is 12.9. The number of rotatable bonds is 30.